The zero-order chi connectivity index (χ0) is 22.0. The van der Waals surface area contributed by atoms with Gasteiger partial charge in [-0.3, -0.25) is 9.79 Å². The van der Waals surface area contributed by atoms with Crippen molar-refractivity contribution in [1.29, 1.82) is 0 Å². The Morgan fingerprint density at radius 1 is 1.42 bits per heavy atom. The van der Waals surface area contributed by atoms with Crippen molar-refractivity contribution in [2.45, 2.75) is 24.9 Å². The van der Waals surface area contributed by atoms with Crippen molar-refractivity contribution in [2.75, 3.05) is 13.1 Å². The molecule has 0 saturated carbocycles. The van der Waals surface area contributed by atoms with Crippen LogP contribution in [0.4, 0.5) is 4.39 Å². The van der Waals surface area contributed by atoms with Crippen molar-refractivity contribution < 1.29 is 17.6 Å². The number of Topliss-reactive ketones (excluding diaryl/α,β-unsaturated/α-hetero) is 1. The maximum absolute atomic E-state index is 13.7. The van der Waals surface area contributed by atoms with Gasteiger partial charge in [0.25, 0.3) is 10.2 Å². The van der Waals surface area contributed by atoms with E-state index >= 15 is 0 Å². The predicted octanol–water partition coefficient (Wildman–Crippen LogP) is 2.16. The van der Waals surface area contributed by atoms with Gasteiger partial charge in [0.05, 0.1) is 5.54 Å². The number of aliphatic imine (C=N–C) groups is 1. The number of ketones is 1. The van der Waals surface area contributed by atoms with Crippen LogP contribution in [-0.2, 0) is 15.0 Å². The van der Waals surface area contributed by atoms with E-state index in [1.807, 2.05) is 10.3 Å². The largest absolute Gasteiger partial charge is 0.325 e. The molecule has 8 nitrogen and oxygen atoms in total. The zero-order valence-electron chi connectivity index (χ0n) is 16.2. The second-order valence-electron chi connectivity index (χ2n) is 7.74. The van der Waals surface area contributed by atoms with Gasteiger partial charge < -0.3 is 4.90 Å². The number of thiazole rings is 1. The molecule has 2 N–H and O–H groups in total. The molecule has 3 aliphatic heterocycles. The topological polar surface area (TPSA) is 104 Å². The molecular formula is C19H17ClFN5O3S2. The number of carbonyl (C=O) groups is 1. The molecule has 1 aromatic carbocycles. The van der Waals surface area contributed by atoms with E-state index in [-0.39, 0.29) is 17.4 Å². The number of nitrogens with one attached hydrogen (secondary N) is 2. The number of aromatic nitrogens is 1. The second-order valence-corrected chi connectivity index (χ2v) is 10.5. The highest BCUT2D eigenvalue weighted by atomic mass is 35.5. The number of rotatable bonds is 3. The third kappa shape index (κ3) is 3.50. The minimum absolute atomic E-state index is 0.163. The van der Waals surface area contributed by atoms with E-state index in [0.29, 0.717) is 40.6 Å². The molecule has 1 aromatic heterocycles. The normalized spacial score (nSPS) is 27.0. The summed E-state index contributed by atoms with van der Waals surface area (Å²) in [5.41, 5.74) is 0.774. The van der Waals surface area contributed by atoms with Crippen LogP contribution in [0.5, 0.6) is 0 Å². The Bertz CT molecular complexity index is 1260. The van der Waals surface area contributed by atoms with Gasteiger partial charge in [-0.1, -0.05) is 17.7 Å². The van der Waals surface area contributed by atoms with Crippen LogP contribution >= 0.6 is 22.9 Å². The Morgan fingerprint density at radius 3 is 2.84 bits per heavy atom. The summed E-state index contributed by atoms with van der Waals surface area (Å²) in [6.45, 7) is 1.93. The van der Waals surface area contributed by atoms with Crippen LogP contribution in [0, 0.1) is 5.82 Å². The second kappa shape index (κ2) is 7.17. The highest BCUT2D eigenvalue weighted by Gasteiger charge is 2.52. The van der Waals surface area contributed by atoms with E-state index in [1.165, 1.54) is 36.5 Å². The average Bonchev–Trinajstić information content (AvgIpc) is 3.39. The van der Waals surface area contributed by atoms with Gasteiger partial charge >= 0.3 is 0 Å². The van der Waals surface area contributed by atoms with Crippen LogP contribution in [0.1, 0.15) is 30.0 Å². The molecule has 0 unspecified atom stereocenters. The monoisotopic (exact) mass is 481 g/mol. The Labute approximate surface area is 187 Å². The Morgan fingerprint density at radius 2 is 2.23 bits per heavy atom. The fraction of sp³-hybridized carbons (Fsp3) is 0.316. The number of benzene rings is 1. The summed E-state index contributed by atoms with van der Waals surface area (Å²) < 4.78 is 43.0. The molecule has 5 rings (SSSR count). The standard InChI is InChI=1S/C19H17ClFN5O3S2/c1-10(27)15-14-7-19(8-23-31(28,29)25-19)9-26(14)17(18-22-4-5-30-18)24-16(15)12-3-2-11(21)6-13(12)20/h2-6,16,23,25H,7-9H2,1H3/t16-,19-/m0/s1. The molecule has 2 aromatic rings. The number of amidine groups is 1. The molecule has 4 heterocycles. The van der Waals surface area contributed by atoms with E-state index < -0.39 is 27.6 Å². The SMILES string of the molecule is CC(=O)C1=C2C[C@]3(CNS(=O)(=O)N3)CN2C(c2nccs2)=N[C@H]1c1ccc(F)cc1Cl. The van der Waals surface area contributed by atoms with Crippen LogP contribution in [0.25, 0.3) is 0 Å². The van der Waals surface area contributed by atoms with E-state index in [9.17, 15) is 17.6 Å². The molecule has 2 atom stereocenters. The minimum Gasteiger partial charge on any atom is -0.325 e. The van der Waals surface area contributed by atoms with E-state index in [4.69, 9.17) is 16.6 Å². The van der Waals surface area contributed by atoms with E-state index in [2.05, 4.69) is 14.4 Å². The average molecular weight is 482 g/mol. The molecule has 3 aliphatic rings. The molecule has 162 valence electrons. The maximum Gasteiger partial charge on any atom is 0.277 e. The summed E-state index contributed by atoms with van der Waals surface area (Å²) in [4.78, 5) is 23.8. The van der Waals surface area contributed by atoms with Crippen molar-refractivity contribution >= 4 is 44.8 Å². The van der Waals surface area contributed by atoms with Gasteiger partial charge in [0.15, 0.2) is 16.6 Å². The lowest BCUT2D eigenvalue weighted by Crippen LogP contribution is -2.47. The first-order valence-corrected chi connectivity index (χ1v) is 12.1. The smallest absolute Gasteiger partial charge is 0.277 e. The van der Waals surface area contributed by atoms with Crippen molar-refractivity contribution in [3.63, 3.8) is 0 Å². The first-order valence-electron chi connectivity index (χ1n) is 9.41. The number of fused-ring (bicyclic) bond motifs is 1. The first-order chi connectivity index (χ1) is 14.7. The molecule has 2 saturated heterocycles. The lowest BCUT2D eigenvalue weighted by molar-refractivity contribution is -0.114. The van der Waals surface area contributed by atoms with Crippen LogP contribution in [-0.4, -0.2) is 48.5 Å². The van der Waals surface area contributed by atoms with Crippen molar-refractivity contribution in [2.24, 2.45) is 4.99 Å². The summed E-state index contributed by atoms with van der Waals surface area (Å²) in [6.07, 6.45) is 1.95. The van der Waals surface area contributed by atoms with Crippen molar-refractivity contribution in [1.82, 2.24) is 19.3 Å². The zero-order valence-corrected chi connectivity index (χ0v) is 18.6. The molecule has 0 amide bonds. The number of hydrogen-bond donors (Lipinski definition) is 2. The molecule has 0 radical (unpaired) electrons. The minimum atomic E-state index is -3.62. The summed E-state index contributed by atoms with van der Waals surface area (Å²) in [5, 5.41) is 2.61. The fourth-order valence-corrected chi connectivity index (χ4v) is 6.58. The van der Waals surface area contributed by atoms with Gasteiger partial charge in [-0.25, -0.2) is 14.1 Å². The van der Waals surface area contributed by atoms with Crippen molar-refractivity contribution in [3.8, 4) is 0 Å². The molecule has 31 heavy (non-hydrogen) atoms. The molecule has 0 aliphatic carbocycles. The maximum atomic E-state index is 13.7. The van der Waals surface area contributed by atoms with Gasteiger partial charge in [-0.05, 0) is 19.1 Å². The molecule has 12 heteroatoms. The fourth-order valence-electron chi connectivity index (χ4n) is 4.35. The first kappa shape index (κ1) is 20.7. The van der Waals surface area contributed by atoms with Gasteiger partial charge in [0.2, 0.25) is 0 Å². The summed E-state index contributed by atoms with van der Waals surface area (Å²) in [6, 6.07) is 3.24. The lowest BCUT2D eigenvalue weighted by Gasteiger charge is -2.32. The lowest BCUT2D eigenvalue weighted by atomic mass is 9.90. The summed E-state index contributed by atoms with van der Waals surface area (Å²) >= 11 is 7.72. The third-order valence-electron chi connectivity index (χ3n) is 5.60. The van der Waals surface area contributed by atoms with E-state index in [0.717, 1.165) is 0 Å². The van der Waals surface area contributed by atoms with E-state index in [1.54, 1.807) is 6.20 Å². The van der Waals surface area contributed by atoms with Crippen molar-refractivity contribution in [3.05, 3.63) is 62.5 Å². The van der Waals surface area contributed by atoms with Crippen LogP contribution in [0.2, 0.25) is 5.02 Å². The number of halogens is 2. The van der Waals surface area contributed by atoms with Gasteiger partial charge in [0, 0.05) is 52.9 Å². The third-order valence-corrected chi connectivity index (χ3v) is 7.92. The number of hydrogen-bond acceptors (Lipinski definition) is 7. The Balaban J connectivity index is 1.70. The van der Waals surface area contributed by atoms with Gasteiger partial charge in [0.1, 0.15) is 11.9 Å². The summed E-state index contributed by atoms with van der Waals surface area (Å²) in [5.74, 6) is -0.167. The molecule has 2 fully saturated rings. The number of carbonyl (C=O) groups excluding carboxylic acids is 1. The predicted molar refractivity (Wildman–Crippen MR) is 115 cm³/mol. The molecular weight excluding hydrogens is 465 g/mol. The quantitative estimate of drug-likeness (QED) is 0.699. The summed E-state index contributed by atoms with van der Waals surface area (Å²) in [7, 11) is -3.62. The van der Waals surface area contributed by atoms with Gasteiger partial charge in [-0.15, -0.1) is 11.3 Å². The highest BCUT2D eigenvalue weighted by Crippen LogP contribution is 2.45. The highest BCUT2D eigenvalue weighted by molar-refractivity contribution is 7.87. The van der Waals surface area contributed by atoms with Crippen LogP contribution < -0.4 is 9.44 Å². The number of nitrogens with zero attached hydrogens (tertiary/aromatic N) is 3. The van der Waals surface area contributed by atoms with Crippen LogP contribution in [0.15, 0.2) is 46.0 Å². The van der Waals surface area contributed by atoms with Gasteiger partial charge in [-0.2, -0.15) is 13.1 Å². The molecule has 1 spiro atoms. The Hall–Kier alpha value is -2.18. The van der Waals surface area contributed by atoms with Crippen LogP contribution in [0.3, 0.4) is 0 Å². The molecule has 0 bridgehead atoms. The Kier molecular flexibility index (Phi) is 4.79.